The summed E-state index contributed by atoms with van der Waals surface area (Å²) >= 11 is 1.45. The number of hydrogen-bond acceptors (Lipinski definition) is 4. The van der Waals surface area contributed by atoms with E-state index >= 15 is 0 Å². The highest BCUT2D eigenvalue weighted by Crippen LogP contribution is 2.28. The molecule has 3 aromatic rings. The van der Waals surface area contributed by atoms with Gasteiger partial charge < -0.3 is 0 Å². The second-order valence-corrected chi connectivity index (χ2v) is 5.12. The van der Waals surface area contributed by atoms with Gasteiger partial charge >= 0.3 is 0 Å². The third-order valence-electron chi connectivity index (χ3n) is 2.73. The lowest BCUT2D eigenvalue weighted by Gasteiger charge is -2.00. The topological polar surface area (TPSA) is 54.9 Å². The van der Waals surface area contributed by atoms with Crippen molar-refractivity contribution in [2.75, 3.05) is 5.32 Å². The van der Waals surface area contributed by atoms with Crippen molar-refractivity contribution in [1.29, 1.82) is 0 Å². The van der Waals surface area contributed by atoms with Crippen LogP contribution in [-0.4, -0.2) is 15.9 Å². The minimum Gasteiger partial charge on any atom is -0.298 e. The minimum absolute atomic E-state index is 0.179. The van der Waals surface area contributed by atoms with Crippen molar-refractivity contribution < 1.29 is 4.79 Å². The van der Waals surface area contributed by atoms with E-state index in [0.717, 1.165) is 10.4 Å². The Morgan fingerprint density at radius 1 is 1.05 bits per heavy atom. The highest BCUT2D eigenvalue weighted by molar-refractivity contribution is 7.19. The van der Waals surface area contributed by atoms with E-state index in [-0.39, 0.29) is 5.91 Å². The number of pyridine rings is 1. The molecular formula is C15H11N3OS. The van der Waals surface area contributed by atoms with Gasteiger partial charge in [0.1, 0.15) is 0 Å². The van der Waals surface area contributed by atoms with Gasteiger partial charge in [0.15, 0.2) is 5.13 Å². The number of carbonyl (C=O) groups is 1. The fourth-order valence-corrected chi connectivity index (χ4v) is 2.56. The quantitative estimate of drug-likeness (QED) is 0.800. The predicted molar refractivity (Wildman–Crippen MR) is 79.7 cm³/mol. The highest BCUT2D eigenvalue weighted by Gasteiger charge is 2.09. The van der Waals surface area contributed by atoms with Gasteiger partial charge in [-0.1, -0.05) is 41.7 Å². The molecule has 0 aliphatic heterocycles. The zero-order chi connectivity index (χ0) is 13.8. The summed E-state index contributed by atoms with van der Waals surface area (Å²) in [6, 6.07) is 13.3. The van der Waals surface area contributed by atoms with Crippen LogP contribution < -0.4 is 5.32 Å². The van der Waals surface area contributed by atoms with Crippen molar-refractivity contribution in [1.82, 2.24) is 9.97 Å². The molecule has 0 spiro atoms. The summed E-state index contributed by atoms with van der Waals surface area (Å²) in [6.45, 7) is 0. The maximum Gasteiger partial charge on any atom is 0.257 e. The first-order valence-corrected chi connectivity index (χ1v) is 6.87. The van der Waals surface area contributed by atoms with E-state index in [0.29, 0.717) is 10.7 Å². The smallest absolute Gasteiger partial charge is 0.257 e. The van der Waals surface area contributed by atoms with Crippen LogP contribution in [0.15, 0.2) is 61.1 Å². The summed E-state index contributed by atoms with van der Waals surface area (Å²) in [7, 11) is 0. The Hall–Kier alpha value is -2.53. The van der Waals surface area contributed by atoms with Crippen LogP contribution in [0.4, 0.5) is 5.13 Å². The molecule has 0 aliphatic rings. The van der Waals surface area contributed by atoms with E-state index in [4.69, 9.17) is 0 Å². The lowest BCUT2D eigenvalue weighted by molar-refractivity contribution is 0.102. The summed E-state index contributed by atoms with van der Waals surface area (Å²) in [5.41, 5.74) is 1.66. The molecule has 0 bridgehead atoms. The van der Waals surface area contributed by atoms with Crippen molar-refractivity contribution in [3.63, 3.8) is 0 Å². The molecule has 4 nitrogen and oxygen atoms in total. The molecule has 0 saturated carbocycles. The molecule has 1 amide bonds. The fourth-order valence-electron chi connectivity index (χ4n) is 1.74. The Morgan fingerprint density at radius 3 is 2.55 bits per heavy atom. The van der Waals surface area contributed by atoms with Crippen LogP contribution >= 0.6 is 11.3 Å². The largest absolute Gasteiger partial charge is 0.298 e. The van der Waals surface area contributed by atoms with Crippen LogP contribution in [0.2, 0.25) is 0 Å². The summed E-state index contributed by atoms with van der Waals surface area (Å²) in [4.78, 5) is 21.1. The molecule has 0 fully saturated rings. The van der Waals surface area contributed by atoms with Gasteiger partial charge in [-0.25, -0.2) is 4.98 Å². The molecular weight excluding hydrogens is 270 g/mol. The van der Waals surface area contributed by atoms with E-state index in [2.05, 4.69) is 15.3 Å². The number of anilines is 1. The molecule has 0 aliphatic carbocycles. The fraction of sp³-hybridized carbons (Fsp3) is 0. The number of hydrogen-bond donors (Lipinski definition) is 1. The first-order valence-electron chi connectivity index (χ1n) is 6.05. The number of amides is 1. The average molecular weight is 281 g/mol. The summed E-state index contributed by atoms with van der Waals surface area (Å²) in [5.74, 6) is -0.179. The number of benzene rings is 1. The van der Waals surface area contributed by atoms with Gasteiger partial charge in [-0.15, -0.1) is 0 Å². The third-order valence-corrected chi connectivity index (χ3v) is 3.69. The molecule has 1 N–H and O–H groups in total. The Morgan fingerprint density at radius 2 is 1.80 bits per heavy atom. The van der Waals surface area contributed by atoms with Gasteiger partial charge in [0.25, 0.3) is 5.91 Å². The Balaban J connectivity index is 1.77. The van der Waals surface area contributed by atoms with Crippen molar-refractivity contribution in [3.8, 4) is 10.4 Å². The van der Waals surface area contributed by atoms with Crippen molar-refractivity contribution in [2.24, 2.45) is 0 Å². The molecule has 0 atom stereocenters. The summed E-state index contributed by atoms with van der Waals surface area (Å²) in [5, 5.41) is 3.38. The molecule has 20 heavy (non-hydrogen) atoms. The van der Waals surface area contributed by atoms with Crippen molar-refractivity contribution in [2.45, 2.75) is 0 Å². The van der Waals surface area contributed by atoms with Gasteiger partial charge in [0.05, 0.1) is 4.88 Å². The van der Waals surface area contributed by atoms with E-state index in [1.54, 1.807) is 30.7 Å². The monoisotopic (exact) mass is 281 g/mol. The lowest BCUT2D eigenvalue weighted by atomic mass is 10.2. The molecule has 1 aromatic carbocycles. The SMILES string of the molecule is O=C(Nc1ncc(-c2ccccc2)s1)c1ccncc1. The van der Waals surface area contributed by atoms with Gasteiger partial charge in [-0.05, 0) is 17.7 Å². The Bertz CT molecular complexity index is 710. The second kappa shape index (κ2) is 5.63. The van der Waals surface area contributed by atoms with Crippen LogP contribution in [0.3, 0.4) is 0 Å². The van der Waals surface area contributed by atoms with Crippen molar-refractivity contribution >= 4 is 22.4 Å². The van der Waals surface area contributed by atoms with E-state index in [9.17, 15) is 4.79 Å². The first kappa shape index (κ1) is 12.5. The zero-order valence-electron chi connectivity index (χ0n) is 10.5. The molecule has 0 radical (unpaired) electrons. The molecule has 3 rings (SSSR count). The number of nitrogens with zero attached hydrogens (tertiary/aromatic N) is 2. The zero-order valence-corrected chi connectivity index (χ0v) is 11.3. The summed E-state index contributed by atoms with van der Waals surface area (Å²) in [6.07, 6.45) is 4.94. The van der Waals surface area contributed by atoms with Crippen LogP contribution in [0.25, 0.3) is 10.4 Å². The number of nitrogens with one attached hydrogen (secondary N) is 1. The molecule has 2 heterocycles. The van der Waals surface area contributed by atoms with Crippen LogP contribution in [0.5, 0.6) is 0 Å². The maximum absolute atomic E-state index is 12.0. The van der Waals surface area contributed by atoms with E-state index in [1.165, 1.54) is 11.3 Å². The second-order valence-electron chi connectivity index (χ2n) is 4.09. The standard InChI is InChI=1S/C15H11N3OS/c19-14(12-6-8-16-9-7-12)18-15-17-10-13(20-15)11-4-2-1-3-5-11/h1-10H,(H,17,18,19). The van der Waals surface area contributed by atoms with Gasteiger partial charge in [0.2, 0.25) is 0 Å². The molecule has 0 saturated heterocycles. The Kier molecular flexibility index (Phi) is 3.52. The molecule has 0 unspecified atom stereocenters. The highest BCUT2D eigenvalue weighted by atomic mass is 32.1. The minimum atomic E-state index is -0.179. The average Bonchev–Trinajstić information content (AvgIpc) is 2.97. The van der Waals surface area contributed by atoms with Gasteiger partial charge in [0, 0.05) is 24.2 Å². The summed E-state index contributed by atoms with van der Waals surface area (Å²) < 4.78 is 0. The number of carbonyl (C=O) groups excluding carboxylic acids is 1. The normalized spacial score (nSPS) is 10.2. The number of rotatable bonds is 3. The lowest BCUT2D eigenvalue weighted by Crippen LogP contribution is -2.11. The van der Waals surface area contributed by atoms with Gasteiger partial charge in [-0.2, -0.15) is 0 Å². The van der Waals surface area contributed by atoms with Crippen LogP contribution in [-0.2, 0) is 0 Å². The van der Waals surface area contributed by atoms with Crippen LogP contribution in [0.1, 0.15) is 10.4 Å². The maximum atomic E-state index is 12.0. The Labute approximate surface area is 120 Å². The van der Waals surface area contributed by atoms with E-state index < -0.39 is 0 Å². The number of aromatic nitrogens is 2. The van der Waals surface area contributed by atoms with Crippen molar-refractivity contribution in [3.05, 3.63) is 66.6 Å². The number of thiazole rings is 1. The molecule has 98 valence electrons. The van der Waals surface area contributed by atoms with Crippen LogP contribution in [0, 0.1) is 0 Å². The first-order chi connectivity index (χ1) is 9.83. The molecule has 2 aromatic heterocycles. The molecule has 5 heteroatoms. The predicted octanol–water partition coefficient (Wildman–Crippen LogP) is 3.46. The van der Waals surface area contributed by atoms with Gasteiger partial charge in [-0.3, -0.25) is 15.1 Å². The van der Waals surface area contributed by atoms with E-state index in [1.807, 2.05) is 30.3 Å². The third kappa shape index (κ3) is 2.73.